The zero-order valence-electron chi connectivity index (χ0n) is 10.8. The molecule has 1 unspecified atom stereocenters. The van der Waals surface area contributed by atoms with E-state index in [0.717, 1.165) is 38.1 Å². The van der Waals surface area contributed by atoms with E-state index in [1.807, 2.05) is 0 Å². The smallest absolute Gasteiger partial charge is 0.225 e. The topological polar surface area (TPSA) is 20.3 Å². The fraction of sp³-hybridized carbons (Fsp3) is 0.929. The molecule has 1 heterocycles. The molecule has 1 aliphatic heterocycles. The van der Waals surface area contributed by atoms with E-state index in [-0.39, 0.29) is 5.92 Å². The van der Waals surface area contributed by atoms with Crippen LogP contribution in [0.3, 0.4) is 0 Å². The molecule has 1 atom stereocenters. The van der Waals surface area contributed by atoms with Crippen LogP contribution in [0, 0.1) is 11.8 Å². The summed E-state index contributed by atoms with van der Waals surface area (Å²) >= 11 is 5.99. The number of carbonyl (C=O) groups excluding carboxylic acids is 1. The SMILES string of the molecule is CC1CCC(C(=O)N2CCCCC2CCl)CC1. The number of amides is 1. The minimum absolute atomic E-state index is 0.287. The van der Waals surface area contributed by atoms with E-state index in [1.165, 1.54) is 19.3 Å². The Morgan fingerprint density at radius 2 is 1.88 bits per heavy atom. The van der Waals surface area contributed by atoms with Gasteiger partial charge >= 0.3 is 0 Å². The van der Waals surface area contributed by atoms with Gasteiger partial charge < -0.3 is 4.90 Å². The molecule has 0 radical (unpaired) electrons. The largest absolute Gasteiger partial charge is 0.338 e. The van der Waals surface area contributed by atoms with Gasteiger partial charge in [0.25, 0.3) is 0 Å². The third kappa shape index (κ3) is 3.15. The molecule has 0 bridgehead atoms. The Hall–Kier alpha value is -0.240. The third-order valence-corrected chi connectivity index (χ3v) is 4.81. The molecule has 17 heavy (non-hydrogen) atoms. The monoisotopic (exact) mass is 257 g/mol. The molecule has 0 spiro atoms. The van der Waals surface area contributed by atoms with Crippen LogP contribution < -0.4 is 0 Å². The van der Waals surface area contributed by atoms with Crippen LogP contribution in [-0.2, 0) is 4.79 Å². The summed E-state index contributed by atoms with van der Waals surface area (Å²) < 4.78 is 0. The minimum Gasteiger partial charge on any atom is -0.338 e. The molecule has 0 aromatic carbocycles. The van der Waals surface area contributed by atoms with Crippen molar-refractivity contribution in [1.82, 2.24) is 4.90 Å². The first-order valence-electron chi connectivity index (χ1n) is 7.08. The molecule has 3 heteroatoms. The van der Waals surface area contributed by atoms with Crippen LogP contribution in [0.1, 0.15) is 51.9 Å². The van der Waals surface area contributed by atoms with Crippen LogP contribution in [0.25, 0.3) is 0 Å². The second kappa shape index (κ2) is 6.08. The lowest BCUT2D eigenvalue weighted by Crippen LogP contribution is -2.47. The number of hydrogen-bond donors (Lipinski definition) is 0. The van der Waals surface area contributed by atoms with Crippen molar-refractivity contribution in [2.24, 2.45) is 11.8 Å². The van der Waals surface area contributed by atoms with Gasteiger partial charge in [-0.3, -0.25) is 4.79 Å². The van der Waals surface area contributed by atoms with E-state index in [2.05, 4.69) is 11.8 Å². The van der Waals surface area contributed by atoms with Crippen molar-refractivity contribution in [2.75, 3.05) is 12.4 Å². The molecule has 1 amide bonds. The normalized spacial score (nSPS) is 34.7. The first kappa shape index (κ1) is 13.2. The standard InChI is InChI=1S/C14H24ClNO/c1-11-5-7-12(8-6-11)14(17)16-9-3-2-4-13(16)10-15/h11-13H,2-10H2,1H3. The molecule has 2 aliphatic rings. The molecule has 2 nitrogen and oxygen atoms in total. The number of likely N-dealkylation sites (tertiary alicyclic amines) is 1. The van der Waals surface area contributed by atoms with Crippen molar-refractivity contribution < 1.29 is 4.79 Å². The van der Waals surface area contributed by atoms with E-state index in [9.17, 15) is 4.79 Å². The predicted octanol–water partition coefficient (Wildman–Crippen LogP) is 3.43. The van der Waals surface area contributed by atoms with Gasteiger partial charge in [0.15, 0.2) is 0 Å². The summed E-state index contributed by atoms with van der Waals surface area (Å²) in [5.74, 6) is 2.09. The molecule has 1 aliphatic carbocycles. The summed E-state index contributed by atoms with van der Waals surface area (Å²) in [7, 11) is 0. The van der Waals surface area contributed by atoms with Gasteiger partial charge in [-0.1, -0.05) is 6.92 Å². The van der Waals surface area contributed by atoms with E-state index in [0.29, 0.717) is 17.8 Å². The summed E-state index contributed by atoms with van der Waals surface area (Å²) in [6, 6.07) is 0.303. The molecule has 1 saturated carbocycles. The first-order chi connectivity index (χ1) is 8.22. The Morgan fingerprint density at radius 1 is 1.18 bits per heavy atom. The molecular formula is C14H24ClNO. The lowest BCUT2D eigenvalue weighted by molar-refractivity contribution is -0.140. The summed E-state index contributed by atoms with van der Waals surface area (Å²) in [4.78, 5) is 14.6. The van der Waals surface area contributed by atoms with Crippen molar-refractivity contribution in [3.63, 3.8) is 0 Å². The summed E-state index contributed by atoms with van der Waals surface area (Å²) in [5, 5.41) is 0. The number of rotatable bonds is 2. The molecule has 0 aromatic heterocycles. The van der Waals surface area contributed by atoms with Gasteiger partial charge in [-0.25, -0.2) is 0 Å². The van der Waals surface area contributed by atoms with Gasteiger partial charge in [0, 0.05) is 24.4 Å². The molecule has 1 saturated heterocycles. The van der Waals surface area contributed by atoms with E-state index in [4.69, 9.17) is 11.6 Å². The predicted molar refractivity (Wildman–Crippen MR) is 71.2 cm³/mol. The van der Waals surface area contributed by atoms with Crippen LogP contribution in [0.5, 0.6) is 0 Å². The molecule has 2 rings (SSSR count). The van der Waals surface area contributed by atoms with Gasteiger partial charge in [0.05, 0.1) is 0 Å². The Kier molecular flexibility index (Phi) is 4.72. The number of alkyl halides is 1. The highest BCUT2D eigenvalue weighted by Crippen LogP contribution is 2.31. The Morgan fingerprint density at radius 3 is 2.53 bits per heavy atom. The van der Waals surface area contributed by atoms with Crippen LogP contribution in [0.4, 0.5) is 0 Å². The van der Waals surface area contributed by atoms with Gasteiger partial charge in [0.1, 0.15) is 0 Å². The van der Waals surface area contributed by atoms with Gasteiger partial charge in [-0.15, -0.1) is 11.6 Å². The molecule has 98 valence electrons. The summed E-state index contributed by atoms with van der Waals surface area (Å²) in [6.07, 6.45) is 8.09. The van der Waals surface area contributed by atoms with Crippen LogP contribution >= 0.6 is 11.6 Å². The van der Waals surface area contributed by atoms with E-state index in [1.54, 1.807) is 0 Å². The fourth-order valence-corrected chi connectivity index (χ4v) is 3.51. The Labute approximate surface area is 110 Å². The lowest BCUT2D eigenvalue weighted by atomic mass is 9.82. The zero-order valence-corrected chi connectivity index (χ0v) is 11.6. The second-order valence-corrected chi connectivity index (χ2v) is 6.10. The fourth-order valence-electron chi connectivity index (χ4n) is 3.19. The highest BCUT2D eigenvalue weighted by molar-refractivity contribution is 6.18. The van der Waals surface area contributed by atoms with Crippen molar-refractivity contribution in [3.8, 4) is 0 Å². The van der Waals surface area contributed by atoms with Gasteiger partial charge in [-0.2, -0.15) is 0 Å². The Bertz CT molecular complexity index is 261. The van der Waals surface area contributed by atoms with Crippen molar-refractivity contribution in [3.05, 3.63) is 0 Å². The van der Waals surface area contributed by atoms with Crippen LogP contribution in [-0.4, -0.2) is 29.3 Å². The number of nitrogens with zero attached hydrogens (tertiary/aromatic N) is 1. The van der Waals surface area contributed by atoms with E-state index < -0.39 is 0 Å². The molecular weight excluding hydrogens is 234 g/mol. The highest BCUT2D eigenvalue weighted by Gasteiger charge is 2.32. The first-order valence-corrected chi connectivity index (χ1v) is 7.62. The van der Waals surface area contributed by atoms with E-state index >= 15 is 0 Å². The highest BCUT2D eigenvalue weighted by atomic mass is 35.5. The summed E-state index contributed by atoms with van der Waals surface area (Å²) in [5.41, 5.74) is 0. The quantitative estimate of drug-likeness (QED) is 0.694. The van der Waals surface area contributed by atoms with Gasteiger partial charge in [0.2, 0.25) is 5.91 Å². The Balaban J connectivity index is 1.93. The third-order valence-electron chi connectivity index (χ3n) is 4.45. The minimum atomic E-state index is 0.287. The van der Waals surface area contributed by atoms with Crippen LogP contribution in [0.2, 0.25) is 0 Å². The molecule has 2 fully saturated rings. The van der Waals surface area contributed by atoms with Crippen LogP contribution in [0.15, 0.2) is 0 Å². The maximum Gasteiger partial charge on any atom is 0.225 e. The number of piperidine rings is 1. The zero-order chi connectivity index (χ0) is 12.3. The number of carbonyl (C=O) groups is 1. The maximum atomic E-state index is 12.5. The second-order valence-electron chi connectivity index (χ2n) is 5.79. The molecule has 0 aromatic rings. The van der Waals surface area contributed by atoms with Crippen molar-refractivity contribution in [1.29, 1.82) is 0 Å². The van der Waals surface area contributed by atoms with Crippen molar-refractivity contribution >= 4 is 17.5 Å². The van der Waals surface area contributed by atoms with Gasteiger partial charge in [-0.05, 0) is 50.9 Å². The summed E-state index contributed by atoms with van der Waals surface area (Å²) in [6.45, 7) is 3.23. The lowest BCUT2D eigenvalue weighted by Gasteiger charge is -2.38. The average Bonchev–Trinajstić information content (AvgIpc) is 2.39. The number of hydrogen-bond acceptors (Lipinski definition) is 1. The van der Waals surface area contributed by atoms with Crippen molar-refractivity contribution in [2.45, 2.75) is 57.9 Å². The number of halogens is 1. The average molecular weight is 258 g/mol. The molecule has 0 N–H and O–H groups in total. The maximum absolute atomic E-state index is 12.5.